The Labute approximate surface area is 84.4 Å². The molecular weight excluding hydrogens is 200 g/mol. The van der Waals surface area contributed by atoms with E-state index < -0.39 is 5.97 Å². The predicted octanol–water partition coefficient (Wildman–Crippen LogP) is 1.98. The highest BCUT2D eigenvalue weighted by molar-refractivity contribution is 7.98. The van der Waals surface area contributed by atoms with Crippen molar-refractivity contribution in [2.45, 2.75) is 4.90 Å². The summed E-state index contributed by atoms with van der Waals surface area (Å²) in [7, 11) is 0. The summed E-state index contributed by atoms with van der Waals surface area (Å²) in [5, 5.41) is 9.70. The Balaban J connectivity index is 2.70. The van der Waals surface area contributed by atoms with E-state index in [2.05, 4.69) is 9.97 Å². The van der Waals surface area contributed by atoms with Crippen molar-refractivity contribution in [3.05, 3.63) is 24.2 Å². The molecule has 0 aliphatic rings. The zero-order valence-corrected chi connectivity index (χ0v) is 8.26. The van der Waals surface area contributed by atoms with Gasteiger partial charge in [0.15, 0.2) is 0 Å². The van der Waals surface area contributed by atoms with Gasteiger partial charge in [0.2, 0.25) is 0 Å². The lowest BCUT2D eigenvalue weighted by Crippen LogP contribution is -1.94. The number of thioether (sulfide) groups is 1. The van der Waals surface area contributed by atoms with E-state index in [-0.39, 0.29) is 5.69 Å². The SMILES string of the molecule is CSc1cncc2[nH]c(C(=O)O)cc12. The normalized spacial score (nSPS) is 10.6. The van der Waals surface area contributed by atoms with Crippen LogP contribution < -0.4 is 0 Å². The van der Waals surface area contributed by atoms with Crippen molar-refractivity contribution < 1.29 is 9.90 Å². The Bertz CT molecular complexity index is 493. The summed E-state index contributed by atoms with van der Waals surface area (Å²) in [6, 6.07) is 1.63. The molecule has 0 atom stereocenters. The maximum atomic E-state index is 10.7. The number of hydrogen-bond donors (Lipinski definition) is 2. The molecule has 0 aromatic carbocycles. The van der Waals surface area contributed by atoms with Gasteiger partial charge in [-0.25, -0.2) is 4.79 Å². The van der Waals surface area contributed by atoms with E-state index >= 15 is 0 Å². The number of H-pyrrole nitrogens is 1. The van der Waals surface area contributed by atoms with Gasteiger partial charge in [-0.1, -0.05) is 0 Å². The minimum absolute atomic E-state index is 0.198. The molecule has 2 rings (SSSR count). The molecule has 5 heteroatoms. The topological polar surface area (TPSA) is 66.0 Å². The highest BCUT2D eigenvalue weighted by Crippen LogP contribution is 2.25. The first-order valence-corrected chi connectivity index (χ1v) is 5.19. The van der Waals surface area contributed by atoms with Crippen LogP contribution in [0, 0.1) is 0 Å². The van der Waals surface area contributed by atoms with Crippen molar-refractivity contribution in [1.29, 1.82) is 0 Å². The lowest BCUT2D eigenvalue weighted by Gasteiger charge is -1.95. The summed E-state index contributed by atoms with van der Waals surface area (Å²) >= 11 is 1.55. The maximum absolute atomic E-state index is 10.7. The molecule has 0 spiro atoms. The fourth-order valence-corrected chi connectivity index (χ4v) is 1.86. The molecule has 0 fully saturated rings. The Hall–Kier alpha value is -1.49. The van der Waals surface area contributed by atoms with E-state index in [9.17, 15) is 4.79 Å². The first-order valence-electron chi connectivity index (χ1n) is 3.96. The summed E-state index contributed by atoms with van der Waals surface area (Å²) in [6.45, 7) is 0. The number of pyridine rings is 1. The third-order valence-corrected chi connectivity index (χ3v) is 2.72. The van der Waals surface area contributed by atoms with Crippen molar-refractivity contribution in [3.8, 4) is 0 Å². The van der Waals surface area contributed by atoms with Crippen LogP contribution in [0.3, 0.4) is 0 Å². The van der Waals surface area contributed by atoms with Crippen molar-refractivity contribution in [2.75, 3.05) is 6.26 Å². The summed E-state index contributed by atoms with van der Waals surface area (Å²) in [5.41, 5.74) is 0.956. The van der Waals surface area contributed by atoms with E-state index in [1.165, 1.54) is 0 Å². The molecule has 4 nitrogen and oxygen atoms in total. The standard InChI is InChI=1S/C9H8N2O2S/c1-14-8-4-10-3-7-5(8)2-6(11-7)9(12)13/h2-4,11H,1H3,(H,12,13). The van der Waals surface area contributed by atoms with Gasteiger partial charge in [0.05, 0.1) is 11.7 Å². The van der Waals surface area contributed by atoms with E-state index in [1.54, 1.807) is 30.2 Å². The fourth-order valence-electron chi connectivity index (χ4n) is 1.30. The third-order valence-electron chi connectivity index (χ3n) is 1.96. The first-order chi connectivity index (χ1) is 6.72. The zero-order valence-electron chi connectivity index (χ0n) is 7.44. The van der Waals surface area contributed by atoms with E-state index in [0.29, 0.717) is 0 Å². The molecular formula is C9H8N2O2S. The molecule has 0 saturated carbocycles. The second-order valence-electron chi connectivity index (χ2n) is 2.79. The summed E-state index contributed by atoms with van der Waals surface area (Å²) in [4.78, 5) is 18.5. The van der Waals surface area contributed by atoms with Crippen LogP contribution in [0.15, 0.2) is 23.4 Å². The number of rotatable bonds is 2. The lowest BCUT2D eigenvalue weighted by molar-refractivity contribution is 0.0691. The van der Waals surface area contributed by atoms with Gasteiger partial charge >= 0.3 is 5.97 Å². The van der Waals surface area contributed by atoms with Crippen LogP contribution in [0.5, 0.6) is 0 Å². The molecule has 0 bridgehead atoms. The first kappa shape index (κ1) is 9.08. The van der Waals surface area contributed by atoms with Gasteiger partial charge < -0.3 is 10.1 Å². The third kappa shape index (κ3) is 1.35. The van der Waals surface area contributed by atoms with Crippen molar-refractivity contribution in [3.63, 3.8) is 0 Å². The molecule has 2 aromatic heterocycles. The van der Waals surface area contributed by atoms with Crippen LogP contribution in [-0.4, -0.2) is 27.3 Å². The average molecular weight is 208 g/mol. The number of carboxylic acids is 1. The van der Waals surface area contributed by atoms with Gasteiger partial charge in [-0.3, -0.25) is 4.98 Å². The van der Waals surface area contributed by atoms with Gasteiger partial charge in [-0.2, -0.15) is 0 Å². The van der Waals surface area contributed by atoms with Gasteiger partial charge in [0, 0.05) is 16.5 Å². The maximum Gasteiger partial charge on any atom is 0.352 e. The number of nitrogens with one attached hydrogen (secondary N) is 1. The molecule has 0 unspecified atom stereocenters. The van der Waals surface area contributed by atoms with Crippen molar-refractivity contribution in [1.82, 2.24) is 9.97 Å². The Morgan fingerprint density at radius 2 is 2.36 bits per heavy atom. The van der Waals surface area contributed by atoms with Crippen LogP contribution in [0.1, 0.15) is 10.5 Å². The smallest absolute Gasteiger partial charge is 0.352 e. The summed E-state index contributed by atoms with van der Waals surface area (Å²) in [5.74, 6) is -0.951. The van der Waals surface area contributed by atoms with Crippen LogP contribution >= 0.6 is 11.8 Å². The van der Waals surface area contributed by atoms with E-state index in [0.717, 1.165) is 15.8 Å². The minimum atomic E-state index is -0.951. The monoisotopic (exact) mass is 208 g/mol. The van der Waals surface area contributed by atoms with Crippen molar-refractivity contribution >= 4 is 28.6 Å². The lowest BCUT2D eigenvalue weighted by atomic mass is 10.3. The van der Waals surface area contributed by atoms with E-state index in [4.69, 9.17) is 5.11 Å². The van der Waals surface area contributed by atoms with Crippen LogP contribution in [0.4, 0.5) is 0 Å². The minimum Gasteiger partial charge on any atom is -0.477 e. The number of aromatic nitrogens is 2. The molecule has 0 saturated heterocycles. The quantitative estimate of drug-likeness (QED) is 0.740. The second-order valence-corrected chi connectivity index (χ2v) is 3.64. The van der Waals surface area contributed by atoms with Gasteiger partial charge in [-0.05, 0) is 12.3 Å². The molecule has 0 radical (unpaired) electrons. The number of hydrogen-bond acceptors (Lipinski definition) is 3. The van der Waals surface area contributed by atoms with Crippen LogP contribution in [-0.2, 0) is 0 Å². The summed E-state index contributed by atoms with van der Waals surface area (Å²) < 4.78 is 0. The molecule has 2 heterocycles. The molecule has 0 aliphatic heterocycles. The number of carboxylic acid groups (broad SMARTS) is 1. The Morgan fingerprint density at radius 1 is 1.57 bits per heavy atom. The van der Waals surface area contributed by atoms with E-state index in [1.807, 2.05) is 6.26 Å². The van der Waals surface area contributed by atoms with Gasteiger partial charge in [0.1, 0.15) is 5.69 Å². The number of aromatic carboxylic acids is 1. The largest absolute Gasteiger partial charge is 0.477 e. The van der Waals surface area contributed by atoms with Crippen LogP contribution in [0.2, 0.25) is 0 Å². The molecule has 72 valence electrons. The number of carbonyl (C=O) groups is 1. The second kappa shape index (κ2) is 3.34. The van der Waals surface area contributed by atoms with Crippen molar-refractivity contribution in [2.24, 2.45) is 0 Å². The highest BCUT2D eigenvalue weighted by Gasteiger charge is 2.09. The molecule has 14 heavy (non-hydrogen) atoms. The molecule has 0 aliphatic carbocycles. The fraction of sp³-hybridized carbons (Fsp3) is 0.111. The van der Waals surface area contributed by atoms with Crippen LogP contribution in [0.25, 0.3) is 10.9 Å². The Kier molecular flexibility index (Phi) is 2.17. The number of aromatic amines is 1. The highest BCUT2D eigenvalue weighted by atomic mass is 32.2. The molecule has 2 aromatic rings. The van der Waals surface area contributed by atoms with Gasteiger partial charge in [-0.15, -0.1) is 11.8 Å². The zero-order chi connectivity index (χ0) is 10.1. The number of fused-ring (bicyclic) bond motifs is 1. The molecule has 2 N–H and O–H groups in total. The number of nitrogens with zero attached hydrogens (tertiary/aromatic N) is 1. The van der Waals surface area contributed by atoms with Gasteiger partial charge in [0.25, 0.3) is 0 Å². The average Bonchev–Trinajstić information content (AvgIpc) is 2.60. The summed E-state index contributed by atoms with van der Waals surface area (Å²) in [6.07, 6.45) is 5.29. The predicted molar refractivity (Wildman–Crippen MR) is 54.8 cm³/mol. The molecule has 0 amide bonds. The Morgan fingerprint density at radius 3 is 3.00 bits per heavy atom.